The molecule has 2 atom stereocenters. The van der Waals surface area contributed by atoms with Gasteiger partial charge in [-0.05, 0) is 12.5 Å². The number of anilines is 1. The Kier molecular flexibility index (Phi) is 5.50. The summed E-state index contributed by atoms with van der Waals surface area (Å²) in [6.45, 7) is 5.20. The summed E-state index contributed by atoms with van der Waals surface area (Å²) >= 11 is 0. The third kappa shape index (κ3) is 3.74. The van der Waals surface area contributed by atoms with Crippen molar-refractivity contribution in [3.63, 3.8) is 0 Å². The van der Waals surface area contributed by atoms with Crippen molar-refractivity contribution in [2.75, 3.05) is 37.6 Å². The van der Waals surface area contributed by atoms with Gasteiger partial charge in [-0.1, -0.05) is 25.5 Å². The molecule has 2 N–H and O–H groups in total. The molecule has 0 radical (unpaired) electrons. The highest BCUT2D eigenvalue weighted by Crippen LogP contribution is 2.28. The Morgan fingerprint density at radius 3 is 2.68 bits per heavy atom. The van der Waals surface area contributed by atoms with Crippen LogP contribution >= 0.6 is 0 Å². The van der Waals surface area contributed by atoms with Crippen molar-refractivity contribution in [3.05, 3.63) is 34.4 Å². The number of nitrogens with one attached hydrogen (secondary N) is 2. The molecule has 2 unspecified atom stereocenters. The summed E-state index contributed by atoms with van der Waals surface area (Å²) in [6, 6.07) is 6.97. The van der Waals surface area contributed by atoms with E-state index in [0.29, 0.717) is 38.4 Å². The van der Waals surface area contributed by atoms with Gasteiger partial charge in [0.1, 0.15) is 5.69 Å². The molecule has 1 aromatic carbocycles. The van der Waals surface area contributed by atoms with E-state index in [-0.39, 0.29) is 28.5 Å². The van der Waals surface area contributed by atoms with Crippen LogP contribution in [0.25, 0.3) is 0 Å². The van der Waals surface area contributed by atoms with Gasteiger partial charge >= 0.3 is 0 Å². The maximum atomic E-state index is 12.8. The van der Waals surface area contributed by atoms with Crippen molar-refractivity contribution in [2.45, 2.75) is 25.8 Å². The van der Waals surface area contributed by atoms with Crippen molar-refractivity contribution in [1.29, 1.82) is 0 Å². The molecule has 2 aliphatic rings. The molecule has 2 aliphatic heterocycles. The minimum Gasteiger partial charge on any atom is -0.362 e. The highest BCUT2D eigenvalue weighted by Gasteiger charge is 2.36. The molecular formula is C17H25N5O3. The number of carbonyl (C=O) groups is 1. The number of hydrogen-bond donors (Lipinski definition) is 2. The number of piperazine rings is 1. The largest absolute Gasteiger partial charge is 0.362 e. The molecule has 3 rings (SSSR count). The Bertz CT molecular complexity index is 630. The van der Waals surface area contributed by atoms with Crippen molar-refractivity contribution >= 4 is 17.3 Å². The van der Waals surface area contributed by atoms with Crippen molar-refractivity contribution in [2.24, 2.45) is 5.92 Å². The van der Waals surface area contributed by atoms with E-state index in [2.05, 4.69) is 17.8 Å². The maximum Gasteiger partial charge on any atom is 0.292 e. The molecule has 0 aliphatic carbocycles. The van der Waals surface area contributed by atoms with Crippen LogP contribution in [0.3, 0.4) is 0 Å². The smallest absolute Gasteiger partial charge is 0.292 e. The summed E-state index contributed by atoms with van der Waals surface area (Å²) in [7, 11) is 0. The van der Waals surface area contributed by atoms with Gasteiger partial charge in [-0.2, -0.15) is 0 Å². The zero-order chi connectivity index (χ0) is 17.8. The van der Waals surface area contributed by atoms with Gasteiger partial charge in [0, 0.05) is 44.8 Å². The first-order valence-electron chi connectivity index (χ1n) is 8.87. The highest BCUT2D eigenvalue weighted by atomic mass is 16.6. The van der Waals surface area contributed by atoms with Gasteiger partial charge in [0.25, 0.3) is 5.69 Å². The SMILES string of the molecule is CCCC1NNCC1C(=O)N1CCN(c2ccccc2[N+](=O)[O-])CC1. The van der Waals surface area contributed by atoms with Crippen LogP contribution in [-0.4, -0.2) is 54.5 Å². The molecule has 1 amide bonds. The Morgan fingerprint density at radius 1 is 1.28 bits per heavy atom. The predicted molar refractivity (Wildman–Crippen MR) is 95.2 cm³/mol. The Morgan fingerprint density at radius 2 is 2.00 bits per heavy atom. The average molecular weight is 347 g/mol. The first-order valence-corrected chi connectivity index (χ1v) is 8.87. The molecule has 8 nitrogen and oxygen atoms in total. The summed E-state index contributed by atoms with van der Waals surface area (Å²) in [5, 5.41) is 11.2. The van der Waals surface area contributed by atoms with Crippen LogP contribution in [0.15, 0.2) is 24.3 Å². The highest BCUT2D eigenvalue weighted by molar-refractivity contribution is 5.80. The lowest BCUT2D eigenvalue weighted by Gasteiger charge is -2.37. The van der Waals surface area contributed by atoms with E-state index in [4.69, 9.17) is 0 Å². The number of nitrogens with zero attached hydrogens (tertiary/aromatic N) is 3. The Hall–Kier alpha value is -2.19. The van der Waals surface area contributed by atoms with Crippen LogP contribution in [0.4, 0.5) is 11.4 Å². The molecule has 0 aromatic heterocycles. The van der Waals surface area contributed by atoms with Crippen LogP contribution in [-0.2, 0) is 4.79 Å². The molecule has 8 heteroatoms. The van der Waals surface area contributed by atoms with Crippen LogP contribution in [0.2, 0.25) is 0 Å². The molecule has 0 spiro atoms. The quantitative estimate of drug-likeness (QED) is 0.613. The third-order valence-electron chi connectivity index (χ3n) is 5.02. The normalized spacial score (nSPS) is 23.7. The van der Waals surface area contributed by atoms with Crippen LogP contribution < -0.4 is 15.8 Å². The molecule has 0 bridgehead atoms. The van der Waals surface area contributed by atoms with Crippen molar-refractivity contribution in [3.8, 4) is 0 Å². The number of carbonyl (C=O) groups excluding carboxylic acids is 1. The molecule has 0 saturated carbocycles. The van der Waals surface area contributed by atoms with E-state index in [9.17, 15) is 14.9 Å². The topological polar surface area (TPSA) is 90.8 Å². The zero-order valence-corrected chi connectivity index (χ0v) is 14.5. The molecule has 2 saturated heterocycles. The zero-order valence-electron chi connectivity index (χ0n) is 14.5. The first kappa shape index (κ1) is 17.6. The lowest BCUT2D eigenvalue weighted by atomic mass is 9.96. The number of hydrogen-bond acceptors (Lipinski definition) is 6. The van der Waals surface area contributed by atoms with E-state index in [1.54, 1.807) is 12.1 Å². The molecule has 2 heterocycles. The Labute approximate surface area is 147 Å². The molecular weight excluding hydrogens is 322 g/mol. The van der Waals surface area contributed by atoms with E-state index >= 15 is 0 Å². The summed E-state index contributed by atoms with van der Waals surface area (Å²) in [6.07, 6.45) is 2.01. The maximum absolute atomic E-state index is 12.8. The lowest BCUT2D eigenvalue weighted by Crippen LogP contribution is -2.52. The molecule has 136 valence electrons. The number of amides is 1. The van der Waals surface area contributed by atoms with Gasteiger partial charge in [-0.3, -0.25) is 25.8 Å². The number of hydrazine groups is 1. The second-order valence-corrected chi connectivity index (χ2v) is 6.59. The number of para-hydroxylation sites is 2. The van der Waals surface area contributed by atoms with Crippen molar-refractivity contribution < 1.29 is 9.72 Å². The van der Waals surface area contributed by atoms with Gasteiger partial charge in [-0.15, -0.1) is 0 Å². The minimum atomic E-state index is -0.349. The third-order valence-corrected chi connectivity index (χ3v) is 5.02. The summed E-state index contributed by atoms with van der Waals surface area (Å²) in [4.78, 5) is 27.6. The van der Waals surface area contributed by atoms with Gasteiger partial charge in [0.2, 0.25) is 5.91 Å². The Balaban J connectivity index is 1.62. The fourth-order valence-corrected chi connectivity index (χ4v) is 3.67. The summed E-state index contributed by atoms with van der Waals surface area (Å²) in [5.74, 6) is 0.149. The van der Waals surface area contributed by atoms with Gasteiger partial charge in [-0.25, -0.2) is 0 Å². The molecule has 25 heavy (non-hydrogen) atoms. The van der Waals surface area contributed by atoms with Crippen LogP contribution in [0.5, 0.6) is 0 Å². The number of rotatable bonds is 5. The van der Waals surface area contributed by atoms with E-state index in [0.717, 1.165) is 12.8 Å². The summed E-state index contributed by atoms with van der Waals surface area (Å²) in [5.41, 5.74) is 7.05. The van der Waals surface area contributed by atoms with Gasteiger partial charge in [0.05, 0.1) is 10.8 Å². The van der Waals surface area contributed by atoms with E-state index in [1.165, 1.54) is 6.07 Å². The van der Waals surface area contributed by atoms with Crippen LogP contribution in [0.1, 0.15) is 19.8 Å². The predicted octanol–water partition coefficient (Wildman–Crippen LogP) is 1.14. The average Bonchev–Trinajstić information content (AvgIpc) is 3.10. The number of nitro benzene ring substituents is 1. The van der Waals surface area contributed by atoms with Crippen molar-refractivity contribution in [1.82, 2.24) is 15.8 Å². The fourth-order valence-electron chi connectivity index (χ4n) is 3.67. The van der Waals surface area contributed by atoms with E-state index < -0.39 is 0 Å². The van der Waals surface area contributed by atoms with Gasteiger partial charge < -0.3 is 9.80 Å². The molecule has 1 aromatic rings. The number of benzene rings is 1. The monoisotopic (exact) mass is 347 g/mol. The molecule has 2 fully saturated rings. The first-order chi connectivity index (χ1) is 12.1. The fraction of sp³-hybridized carbons (Fsp3) is 0.588. The second-order valence-electron chi connectivity index (χ2n) is 6.59. The minimum absolute atomic E-state index is 0.0300. The second kappa shape index (κ2) is 7.79. The summed E-state index contributed by atoms with van der Waals surface area (Å²) < 4.78 is 0. The van der Waals surface area contributed by atoms with Crippen LogP contribution in [0, 0.1) is 16.0 Å². The van der Waals surface area contributed by atoms with Gasteiger partial charge in [0.15, 0.2) is 0 Å². The lowest BCUT2D eigenvalue weighted by molar-refractivity contribution is -0.384. The standard InChI is InChI=1S/C17H25N5O3/c1-2-5-14-13(12-18-19-14)17(23)21-10-8-20(9-11-21)15-6-3-4-7-16(15)22(24)25/h3-4,6-7,13-14,18-19H,2,5,8-12H2,1H3. The number of nitro groups is 1. The van der Waals surface area contributed by atoms with E-state index in [1.807, 2.05) is 15.9 Å².